The van der Waals surface area contributed by atoms with Crippen molar-refractivity contribution in [3.8, 4) is 0 Å². The largest absolute Gasteiger partial charge is 0.325 e. The molecule has 1 unspecified atom stereocenters. The monoisotopic (exact) mass is 432 g/mol. The maximum absolute atomic E-state index is 13.0. The van der Waals surface area contributed by atoms with Gasteiger partial charge in [-0.3, -0.25) is 14.0 Å². The molecule has 1 amide bonds. The Morgan fingerprint density at radius 1 is 1.06 bits per heavy atom. The summed E-state index contributed by atoms with van der Waals surface area (Å²) in [5.74, 6) is -0.164. The van der Waals surface area contributed by atoms with Crippen LogP contribution in [0.4, 0.5) is 5.69 Å². The molecule has 2 heterocycles. The van der Waals surface area contributed by atoms with Gasteiger partial charge in [0.05, 0.1) is 10.8 Å². The molecule has 2 aromatic carbocycles. The van der Waals surface area contributed by atoms with Crippen molar-refractivity contribution in [2.45, 2.75) is 44.5 Å². The van der Waals surface area contributed by atoms with E-state index in [-0.39, 0.29) is 16.9 Å². The highest BCUT2D eigenvalue weighted by Crippen LogP contribution is 2.31. The minimum atomic E-state index is -0.353. The van der Waals surface area contributed by atoms with Crippen LogP contribution in [0.25, 0.3) is 16.6 Å². The third kappa shape index (κ3) is 4.05. The third-order valence-corrected chi connectivity index (χ3v) is 6.64. The fourth-order valence-corrected chi connectivity index (χ4v) is 4.66. The number of anilines is 1. The molecule has 0 radical (unpaired) electrons. The number of aromatic nitrogens is 3. The Morgan fingerprint density at radius 3 is 2.58 bits per heavy atom. The van der Waals surface area contributed by atoms with Crippen molar-refractivity contribution in [2.75, 3.05) is 5.32 Å². The second kappa shape index (κ2) is 8.51. The summed E-state index contributed by atoms with van der Waals surface area (Å²) in [6.07, 6.45) is 0.626. The van der Waals surface area contributed by atoms with Crippen molar-refractivity contribution in [3.63, 3.8) is 0 Å². The van der Waals surface area contributed by atoms with Crippen LogP contribution in [0.5, 0.6) is 0 Å². The summed E-state index contributed by atoms with van der Waals surface area (Å²) in [7, 11) is 0. The van der Waals surface area contributed by atoms with Gasteiger partial charge in [0.2, 0.25) is 5.91 Å². The van der Waals surface area contributed by atoms with Crippen LogP contribution in [0.2, 0.25) is 0 Å². The van der Waals surface area contributed by atoms with Gasteiger partial charge < -0.3 is 5.32 Å². The lowest BCUT2D eigenvalue weighted by Gasteiger charge is -2.15. The van der Waals surface area contributed by atoms with E-state index in [1.165, 1.54) is 18.7 Å². The van der Waals surface area contributed by atoms with Gasteiger partial charge in [-0.25, -0.2) is 0 Å². The molecule has 1 atom stereocenters. The maximum Gasteiger partial charge on any atom is 0.237 e. The standard InChI is InChI=1S/C24H24N4O2S/c1-5-20(23(30)25-18-10-7-9-17(13-18)16(4)29)31-24-27-26-21-12-15(3)19-11-6-8-14(2)22(19)28(21)24/h6-13,20H,5H2,1-4H3,(H,25,30). The number of carbonyl (C=O) groups excluding carboxylic acids is 2. The van der Waals surface area contributed by atoms with E-state index >= 15 is 0 Å². The fourth-order valence-electron chi connectivity index (χ4n) is 3.69. The van der Waals surface area contributed by atoms with Crippen LogP contribution in [0, 0.1) is 13.8 Å². The number of ketones is 1. The predicted octanol–water partition coefficient (Wildman–Crippen LogP) is 5.21. The molecule has 0 bridgehead atoms. The number of thioether (sulfide) groups is 1. The number of Topliss-reactive ketones (excluding diaryl/α,β-unsaturated/α-hetero) is 1. The summed E-state index contributed by atoms with van der Waals surface area (Å²) < 4.78 is 2.04. The molecule has 0 spiro atoms. The van der Waals surface area contributed by atoms with E-state index in [0.717, 1.165) is 27.7 Å². The smallest absolute Gasteiger partial charge is 0.237 e. The van der Waals surface area contributed by atoms with Gasteiger partial charge in [0, 0.05) is 16.6 Å². The summed E-state index contributed by atoms with van der Waals surface area (Å²) >= 11 is 1.40. The quantitative estimate of drug-likeness (QED) is 0.334. The van der Waals surface area contributed by atoms with E-state index in [4.69, 9.17) is 0 Å². The first kappa shape index (κ1) is 21.1. The number of amides is 1. The average Bonchev–Trinajstić information content (AvgIpc) is 3.14. The maximum atomic E-state index is 13.0. The zero-order chi connectivity index (χ0) is 22.1. The number of hydrogen-bond donors (Lipinski definition) is 1. The normalized spacial score (nSPS) is 12.3. The van der Waals surface area contributed by atoms with Gasteiger partial charge >= 0.3 is 0 Å². The first-order valence-electron chi connectivity index (χ1n) is 10.2. The number of benzene rings is 2. The Bertz CT molecular complexity index is 1310. The lowest BCUT2D eigenvalue weighted by molar-refractivity contribution is -0.115. The van der Waals surface area contributed by atoms with Crippen molar-refractivity contribution in [1.82, 2.24) is 14.6 Å². The summed E-state index contributed by atoms with van der Waals surface area (Å²) in [5.41, 5.74) is 5.29. The molecule has 2 aromatic heterocycles. The SMILES string of the molecule is CCC(Sc1nnc2cc(C)c3cccc(C)c3n12)C(=O)Nc1cccc(C(C)=O)c1. The molecule has 4 aromatic rings. The summed E-state index contributed by atoms with van der Waals surface area (Å²) in [4.78, 5) is 24.6. The Labute approximate surface area is 185 Å². The summed E-state index contributed by atoms with van der Waals surface area (Å²) in [6, 6.07) is 15.2. The van der Waals surface area contributed by atoms with Crippen molar-refractivity contribution in [1.29, 1.82) is 0 Å². The number of para-hydroxylation sites is 1. The fraction of sp³-hybridized carbons (Fsp3) is 0.250. The van der Waals surface area contributed by atoms with E-state index < -0.39 is 0 Å². The third-order valence-electron chi connectivity index (χ3n) is 5.34. The van der Waals surface area contributed by atoms with Crippen molar-refractivity contribution in [3.05, 3.63) is 65.2 Å². The van der Waals surface area contributed by atoms with Crippen molar-refractivity contribution in [2.24, 2.45) is 0 Å². The van der Waals surface area contributed by atoms with Gasteiger partial charge in [-0.05, 0) is 56.5 Å². The Hall–Kier alpha value is -3.19. The van der Waals surface area contributed by atoms with Gasteiger partial charge in [0.25, 0.3) is 0 Å². The highest BCUT2D eigenvalue weighted by molar-refractivity contribution is 8.00. The molecule has 0 aliphatic rings. The van der Waals surface area contributed by atoms with Crippen LogP contribution in [0.15, 0.2) is 53.7 Å². The van der Waals surface area contributed by atoms with Gasteiger partial charge in [-0.2, -0.15) is 0 Å². The first-order valence-corrected chi connectivity index (χ1v) is 11.1. The number of pyridine rings is 1. The highest BCUT2D eigenvalue weighted by Gasteiger charge is 2.22. The average molecular weight is 433 g/mol. The predicted molar refractivity (Wildman–Crippen MR) is 125 cm³/mol. The number of aryl methyl sites for hydroxylation is 2. The van der Waals surface area contributed by atoms with Gasteiger partial charge in [-0.15, -0.1) is 10.2 Å². The van der Waals surface area contributed by atoms with Crippen LogP contribution < -0.4 is 5.32 Å². The van der Waals surface area contributed by atoms with Crippen LogP contribution in [-0.2, 0) is 4.79 Å². The topological polar surface area (TPSA) is 76.4 Å². The van der Waals surface area contributed by atoms with Crippen LogP contribution in [-0.4, -0.2) is 31.5 Å². The minimum Gasteiger partial charge on any atom is -0.325 e. The van der Waals surface area contributed by atoms with Crippen molar-refractivity contribution < 1.29 is 9.59 Å². The number of nitrogens with one attached hydrogen (secondary N) is 1. The lowest BCUT2D eigenvalue weighted by Crippen LogP contribution is -2.25. The van der Waals surface area contributed by atoms with E-state index in [0.29, 0.717) is 22.8 Å². The molecule has 0 aliphatic carbocycles. The van der Waals surface area contributed by atoms with Gasteiger partial charge in [-0.1, -0.05) is 49.0 Å². The number of hydrogen-bond acceptors (Lipinski definition) is 5. The molecule has 31 heavy (non-hydrogen) atoms. The minimum absolute atomic E-state index is 0.0370. The first-order chi connectivity index (χ1) is 14.9. The van der Waals surface area contributed by atoms with E-state index in [1.807, 2.05) is 23.5 Å². The summed E-state index contributed by atoms with van der Waals surface area (Å²) in [6.45, 7) is 7.62. The molecule has 158 valence electrons. The zero-order valence-corrected chi connectivity index (χ0v) is 18.8. The van der Waals surface area contributed by atoms with E-state index in [1.54, 1.807) is 24.3 Å². The Morgan fingerprint density at radius 2 is 1.84 bits per heavy atom. The van der Waals surface area contributed by atoms with Gasteiger partial charge in [0.15, 0.2) is 16.6 Å². The lowest BCUT2D eigenvalue weighted by atomic mass is 10.1. The van der Waals surface area contributed by atoms with Crippen LogP contribution in [0.3, 0.4) is 0 Å². The van der Waals surface area contributed by atoms with Crippen molar-refractivity contribution >= 4 is 45.7 Å². The summed E-state index contributed by atoms with van der Waals surface area (Å²) in [5, 5.41) is 13.2. The highest BCUT2D eigenvalue weighted by atomic mass is 32.2. The molecule has 6 nitrogen and oxygen atoms in total. The number of rotatable bonds is 6. The number of nitrogens with zero attached hydrogens (tertiary/aromatic N) is 3. The van der Waals surface area contributed by atoms with Crippen LogP contribution >= 0.6 is 11.8 Å². The number of carbonyl (C=O) groups is 2. The molecule has 1 N–H and O–H groups in total. The van der Waals surface area contributed by atoms with Gasteiger partial charge in [0.1, 0.15) is 0 Å². The molecular weight excluding hydrogens is 408 g/mol. The molecular formula is C24H24N4O2S. The number of fused-ring (bicyclic) bond motifs is 3. The second-order valence-electron chi connectivity index (χ2n) is 7.62. The Kier molecular flexibility index (Phi) is 5.78. The zero-order valence-electron chi connectivity index (χ0n) is 18.0. The second-order valence-corrected chi connectivity index (χ2v) is 8.79. The Balaban J connectivity index is 1.67. The molecule has 0 saturated carbocycles. The molecule has 7 heteroatoms. The molecule has 0 saturated heterocycles. The van der Waals surface area contributed by atoms with E-state index in [9.17, 15) is 9.59 Å². The molecule has 0 aliphatic heterocycles. The van der Waals surface area contributed by atoms with Crippen LogP contribution in [0.1, 0.15) is 41.8 Å². The van der Waals surface area contributed by atoms with E-state index in [2.05, 4.69) is 41.5 Å². The molecule has 4 rings (SSSR count). The molecule has 0 fully saturated rings.